The van der Waals surface area contributed by atoms with Crippen molar-refractivity contribution in [1.82, 2.24) is 5.32 Å². The third kappa shape index (κ3) is 6.79. The quantitative estimate of drug-likeness (QED) is 0.309. The molecule has 0 aliphatic carbocycles. The molecule has 0 spiro atoms. The lowest BCUT2D eigenvalue weighted by atomic mass is 10.2. The van der Waals surface area contributed by atoms with Crippen LogP contribution in [0.1, 0.15) is 28.8 Å². The fourth-order valence-corrected chi connectivity index (χ4v) is 2.73. The van der Waals surface area contributed by atoms with Crippen molar-refractivity contribution in [3.63, 3.8) is 0 Å². The van der Waals surface area contributed by atoms with Crippen molar-refractivity contribution in [3.05, 3.63) is 77.7 Å². The summed E-state index contributed by atoms with van der Waals surface area (Å²) in [5, 5.41) is 4.95. The fraction of sp³-hybridized carbons (Fsp3) is 0.167. The van der Waals surface area contributed by atoms with E-state index in [1.165, 1.54) is 24.3 Å². The van der Waals surface area contributed by atoms with Gasteiger partial charge in [-0.15, -0.1) is 0 Å². The Hall–Kier alpha value is -4.40. The van der Waals surface area contributed by atoms with Crippen molar-refractivity contribution in [3.8, 4) is 5.75 Å². The van der Waals surface area contributed by atoms with Crippen LogP contribution in [0, 0.1) is 0 Å². The lowest BCUT2D eigenvalue weighted by molar-refractivity contribution is -0.136. The van der Waals surface area contributed by atoms with E-state index in [-0.39, 0.29) is 13.2 Å². The van der Waals surface area contributed by atoms with E-state index in [1.54, 1.807) is 38.4 Å². The highest BCUT2D eigenvalue weighted by atomic mass is 16.5. The highest BCUT2D eigenvalue weighted by molar-refractivity contribution is 6.39. The zero-order valence-electron chi connectivity index (χ0n) is 18.2. The van der Waals surface area contributed by atoms with Gasteiger partial charge in [-0.1, -0.05) is 6.07 Å². The van der Waals surface area contributed by atoms with Gasteiger partial charge < -0.3 is 24.5 Å². The summed E-state index contributed by atoms with van der Waals surface area (Å²) in [6.45, 7) is 2.01. The SMILES string of the molecule is CCOC(=O)c1ccc(NC(=O)C(=O)NCc2ccc(C=Nc3cccc(OC)c3)o2)cc1. The molecular formula is C24H23N3O6. The van der Waals surface area contributed by atoms with Crippen molar-refractivity contribution >= 4 is 35.4 Å². The number of esters is 1. The molecule has 1 aromatic heterocycles. The van der Waals surface area contributed by atoms with Gasteiger partial charge in [-0.05, 0) is 55.5 Å². The molecular weight excluding hydrogens is 426 g/mol. The second-order valence-electron chi connectivity index (χ2n) is 6.70. The number of ether oxygens (including phenoxy) is 2. The summed E-state index contributed by atoms with van der Waals surface area (Å²) in [5.41, 5.74) is 1.42. The molecule has 1 heterocycles. The zero-order valence-corrected chi connectivity index (χ0v) is 18.2. The van der Waals surface area contributed by atoms with Crippen molar-refractivity contribution < 1.29 is 28.3 Å². The molecule has 0 aliphatic heterocycles. The largest absolute Gasteiger partial charge is 0.497 e. The minimum absolute atomic E-state index is 0.0288. The molecule has 0 atom stereocenters. The number of nitrogens with one attached hydrogen (secondary N) is 2. The van der Waals surface area contributed by atoms with Gasteiger partial charge >= 0.3 is 17.8 Å². The summed E-state index contributed by atoms with van der Waals surface area (Å²) in [7, 11) is 1.58. The van der Waals surface area contributed by atoms with Crippen molar-refractivity contribution in [2.24, 2.45) is 4.99 Å². The van der Waals surface area contributed by atoms with Crippen molar-refractivity contribution in [1.29, 1.82) is 0 Å². The molecule has 2 N–H and O–H groups in total. The Kier molecular flexibility index (Phi) is 7.96. The van der Waals surface area contributed by atoms with Gasteiger partial charge in [-0.3, -0.25) is 14.6 Å². The van der Waals surface area contributed by atoms with Gasteiger partial charge in [-0.2, -0.15) is 0 Å². The maximum absolute atomic E-state index is 12.1. The lowest BCUT2D eigenvalue weighted by Gasteiger charge is -2.06. The van der Waals surface area contributed by atoms with Gasteiger partial charge in [-0.25, -0.2) is 4.79 Å². The molecule has 0 fully saturated rings. The number of anilines is 1. The second kappa shape index (κ2) is 11.3. The summed E-state index contributed by atoms with van der Waals surface area (Å²) in [6, 6.07) is 16.7. The summed E-state index contributed by atoms with van der Waals surface area (Å²) < 4.78 is 15.6. The lowest BCUT2D eigenvalue weighted by Crippen LogP contribution is -2.34. The Balaban J connectivity index is 1.49. The molecule has 0 radical (unpaired) electrons. The average molecular weight is 449 g/mol. The van der Waals surface area contributed by atoms with Crippen LogP contribution in [-0.2, 0) is 20.9 Å². The van der Waals surface area contributed by atoms with Crippen LogP contribution in [0.15, 0.2) is 70.1 Å². The molecule has 3 aromatic rings. The van der Waals surface area contributed by atoms with Crippen LogP contribution in [0.2, 0.25) is 0 Å². The molecule has 3 rings (SSSR count). The molecule has 2 amide bonds. The Morgan fingerprint density at radius 1 is 1.03 bits per heavy atom. The Labute approximate surface area is 190 Å². The molecule has 170 valence electrons. The molecule has 9 heteroatoms. The number of aliphatic imine (C=N–C) groups is 1. The number of furan rings is 1. The summed E-state index contributed by atoms with van der Waals surface area (Å²) in [4.78, 5) is 40.1. The van der Waals surface area contributed by atoms with E-state index in [9.17, 15) is 14.4 Å². The van der Waals surface area contributed by atoms with E-state index >= 15 is 0 Å². The highest BCUT2D eigenvalue weighted by Gasteiger charge is 2.15. The second-order valence-corrected chi connectivity index (χ2v) is 6.70. The number of methoxy groups -OCH3 is 1. The van der Waals surface area contributed by atoms with E-state index in [1.807, 2.05) is 18.2 Å². The number of amides is 2. The molecule has 0 saturated heterocycles. The standard InChI is InChI=1S/C24H23N3O6/c1-3-32-24(30)16-7-9-17(10-8-16)27-23(29)22(28)26-15-21-12-11-20(33-21)14-25-18-5-4-6-19(13-18)31-2/h4-14H,3,15H2,1-2H3,(H,26,28)(H,27,29). The maximum Gasteiger partial charge on any atom is 0.338 e. The highest BCUT2D eigenvalue weighted by Crippen LogP contribution is 2.19. The summed E-state index contributed by atoms with van der Waals surface area (Å²) >= 11 is 0. The van der Waals surface area contributed by atoms with Crippen LogP contribution >= 0.6 is 0 Å². The van der Waals surface area contributed by atoms with Crippen molar-refractivity contribution in [2.75, 3.05) is 19.0 Å². The smallest absolute Gasteiger partial charge is 0.338 e. The Morgan fingerprint density at radius 2 is 1.82 bits per heavy atom. The summed E-state index contributed by atoms with van der Waals surface area (Å²) in [6.07, 6.45) is 1.55. The van der Waals surface area contributed by atoms with E-state index < -0.39 is 17.8 Å². The van der Waals surface area contributed by atoms with Gasteiger partial charge in [0, 0.05) is 11.8 Å². The molecule has 0 bridgehead atoms. The van der Waals surface area contributed by atoms with Gasteiger partial charge in [0.25, 0.3) is 0 Å². The number of carbonyl (C=O) groups excluding carboxylic acids is 3. The zero-order chi connectivity index (χ0) is 23.6. The molecule has 0 unspecified atom stereocenters. The number of benzene rings is 2. The summed E-state index contributed by atoms with van der Waals surface area (Å²) in [5.74, 6) is -0.479. The van der Waals surface area contributed by atoms with Crippen LogP contribution < -0.4 is 15.4 Å². The van der Waals surface area contributed by atoms with Crippen LogP contribution in [0.4, 0.5) is 11.4 Å². The number of nitrogens with zero attached hydrogens (tertiary/aromatic N) is 1. The molecule has 2 aromatic carbocycles. The molecule has 9 nitrogen and oxygen atoms in total. The van der Waals surface area contributed by atoms with Gasteiger partial charge in [0.2, 0.25) is 0 Å². The minimum Gasteiger partial charge on any atom is -0.497 e. The monoisotopic (exact) mass is 449 g/mol. The normalized spacial score (nSPS) is 10.6. The van der Waals surface area contributed by atoms with Gasteiger partial charge in [0.1, 0.15) is 17.3 Å². The van der Waals surface area contributed by atoms with Crippen LogP contribution in [0.3, 0.4) is 0 Å². The predicted octanol–water partition coefficient (Wildman–Crippen LogP) is 3.47. The maximum atomic E-state index is 12.1. The van der Waals surface area contributed by atoms with E-state index in [2.05, 4.69) is 15.6 Å². The number of hydrogen-bond donors (Lipinski definition) is 2. The average Bonchev–Trinajstić information content (AvgIpc) is 3.29. The first kappa shape index (κ1) is 23.3. The van der Waals surface area contributed by atoms with E-state index in [0.717, 1.165) is 0 Å². The fourth-order valence-electron chi connectivity index (χ4n) is 2.73. The van der Waals surface area contributed by atoms with Crippen molar-refractivity contribution in [2.45, 2.75) is 13.5 Å². The predicted molar refractivity (Wildman–Crippen MR) is 122 cm³/mol. The first-order valence-corrected chi connectivity index (χ1v) is 10.1. The Morgan fingerprint density at radius 3 is 2.55 bits per heavy atom. The third-order valence-corrected chi connectivity index (χ3v) is 4.36. The number of rotatable bonds is 8. The van der Waals surface area contributed by atoms with E-state index in [0.29, 0.717) is 34.2 Å². The van der Waals surface area contributed by atoms with Crippen LogP contribution in [0.5, 0.6) is 5.75 Å². The van der Waals surface area contributed by atoms with Gasteiger partial charge in [0.15, 0.2) is 0 Å². The third-order valence-electron chi connectivity index (χ3n) is 4.36. The molecule has 33 heavy (non-hydrogen) atoms. The van der Waals surface area contributed by atoms with E-state index in [4.69, 9.17) is 13.9 Å². The number of carbonyl (C=O) groups is 3. The number of hydrogen-bond acceptors (Lipinski definition) is 7. The first-order chi connectivity index (χ1) is 16.0. The van der Waals surface area contributed by atoms with Crippen LogP contribution in [0.25, 0.3) is 0 Å². The molecule has 0 aliphatic rings. The van der Waals surface area contributed by atoms with Gasteiger partial charge in [0.05, 0.1) is 37.7 Å². The first-order valence-electron chi connectivity index (χ1n) is 10.1. The van der Waals surface area contributed by atoms with Crippen LogP contribution in [-0.4, -0.2) is 37.7 Å². The Bertz CT molecular complexity index is 1150. The molecule has 0 saturated carbocycles. The topological polar surface area (TPSA) is 119 Å². The minimum atomic E-state index is -0.842.